The molecule has 2 aromatic rings. The highest BCUT2D eigenvalue weighted by molar-refractivity contribution is 5.90. The highest BCUT2D eigenvalue weighted by atomic mass is 16.5. The number of carbonyl (C=O) groups excluding carboxylic acids is 1. The number of benzene rings is 2. The lowest BCUT2D eigenvalue weighted by Crippen LogP contribution is -2.12. The van der Waals surface area contributed by atoms with Crippen LogP contribution in [0, 0.1) is 0 Å². The van der Waals surface area contributed by atoms with Crippen LogP contribution < -0.4 is 10.1 Å². The van der Waals surface area contributed by atoms with Crippen molar-refractivity contribution in [3.8, 4) is 11.5 Å². The molecule has 0 radical (unpaired) electrons. The average molecular weight is 285 g/mol. The number of aromatic hydroxyl groups is 1. The summed E-state index contributed by atoms with van der Waals surface area (Å²) in [6.45, 7) is 2.54. The first-order chi connectivity index (χ1) is 10.2. The first kappa shape index (κ1) is 14.9. The maximum Gasteiger partial charge on any atom is 0.224 e. The Hall–Kier alpha value is -2.49. The maximum atomic E-state index is 11.9. The lowest BCUT2D eigenvalue weighted by atomic mass is 10.1. The number of amides is 1. The Labute approximate surface area is 124 Å². The van der Waals surface area contributed by atoms with E-state index in [2.05, 4.69) is 5.32 Å². The Kier molecular flexibility index (Phi) is 5.21. The molecule has 2 N–H and O–H groups in total. The van der Waals surface area contributed by atoms with Gasteiger partial charge in [-0.2, -0.15) is 0 Å². The summed E-state index contributed by atoms with van der Waals surface area (Å²) in [7, 11) is 0. The fourth-order valence-electron chi connectivity index (χ4n) is 2.00. The van der Waals surface area contributed by atoms with Gasteiger partial charge >= 0.3 is 0 Å². The van der Waals surface area contributed by atoms with E-state index in [4.69, 9.17) is 4.74 Å². The number of para-hydroxylation sites is 1. The Balaban J connectivity index is 1.85. The van der Waals surface area contributed by atoms with Gasteiger partial charge in [0.2, 0.25) is 5.91 Å². The predicted molar refractivity (Wildman–Crippen MR) is 82.7 cm³/mol. The first-order valence-electron chi connectivity index (χ1n) is 6.98. The van der Waals surface area contributed by atoms with E-state index in [1.54, 1.807) is 12.1 Å². The van der Waals surface area contributed by atoms with Crippen LogP contribution in [0.25, 0.3) is 0 Å². The van der Waals surface area contributed by atoms with Crippen molar-refractivity contribution in [1.29, 1.82) is 0 Å². The number of rotatable bonds is 6. The smallest absolute Gasteiger partial charge is 0.224 e. The molecule has 4 nitrogen and oxygen atoms in total. The van der Waals surface area contributed by atoms with E-state index in [1.165, 1.54) is 0 Å². The van der Waals surface area contributed by atoms with E-state index in [9.17, 15) is 9.90 Å². The summed E-state index contributed by atoms with van der Waals surface area (Å²) >= 11 is 0. The second kappa shape index (κ2) is 7.33. The SMILES string of the molecule is CCOc1ccc(NC(=O)CCc2ccccc2O)cc1. The van der Waals surface area contributed by atoms with Crippen molar-refractivity contribution >= 4 is 11.6 Å². The molecule has 0 unspecified atom stereocenters. The van der Waals surface area contributed by atoms with Crippen molar-refractivity contribution in [1.82, 2.24) is 0 Å². The van der Waals surface area contributed by atoms with Gasteiger partial charge < -0.3 is 15.2 Å². The van der Waals surface area contributed by atoms with Gasteiger partial charge in [0.1, 0.15) is 11.5 Å². The third-order valence-corrected chi connectivity index (χ3v) is 3.06. The number of phenolic OH excluding ortho intramolecular Hbond substituents is 1. The summed E-state index contributed by atoms with van der Waals surface area (Å²) in [5.41, 5.74) is 1.51. The van der Waals surface area contributed by atoms with Crippen molar-refractivity contribution < 1.29 is 14.6 Å². The van der Waals surface area contributed by atoms with Crippen LogP contribution in [-0.4, -0.2) is 17.6 Å². The van der Waals surface area contributed by atoms with Crippen molar-refractivity contribution in [2.45, 2.75) is 19.8 Å². The molecule has 1 amide bonds. The van der Waals surface area contributed by atoms with Crippen LogP contribution in [0.3, 0.4) is 0 Å². The van der Waals surface area contributed by atoms with Gasteiger partial charge in [0, 0.05) is 12.1 Å². The van der Waals surface area contributed by atoms with Gasteiger partial charge in [-0.1, -0.05) is 18.2 Å². The maximum absolute atomic E-state index is 11.9. The Morgan fingerprint density at radius 2 is 1.86 bits per heavy atom. The third kappa shape index (κ3) is 4.53. The van der Waals surface area contributed by atoms with E-state index >= 15 is 0 Å². The summed E-state index contributed by atoms with van der Waals surface area (Å²) in [6, 6.07) is 14.3. The van der Waals surface area contributed by atoms with Crippen LogP contribution in [0.1, 0.15) is 18.9 Å². The van der Waals surface area contributed by atoms with Crippen LogP contribution in [0.15, 0.2) is 48.5 Å². The Bertz CT molecular complexity index is 593. The molecule has 0 aliphatic rings. The monoisotopic (exact) mass is 285 g/mol. The second-order valence-corrected chi connectivity index (χ2v) is 4.63. The Morgan fingerprint density at radius 3 is 2.52 bits per heavy atom. The normalized spacial score (nSPS) is 10.1. The highest BCUT2D eigenvalue weighted by Crippen LogP contribution is 2.18. The number of anilines is 1. The van der Waals surface area contributed by atoms with Gasteiger partial charge in [0.25, 0.3) is 0 Å². The topological polar surface area (TPSA) is 58.6 Å². The first-order valence-corrected chi connectivity index (χ1v) is 6.98. The van der Waals surface area contributed by atoms with E-state index in [-0.39, 0.29) is 11.7 Å². The molecule has 0 atom stereocenters. The molecular weight excluding hydrogens is 266 g/mol. The predicted octanol–water partition coefficient (Wildman–Crippen LogP) is 3.36. The van der Waals surface area contributed by atoms with Crippen molar-refractivity contribution in [3.05, 3.63) is 54.1 Å². The van der Waals surface area contributed by atoms with E-state index in [0.29, 0.717) is 19.4 Å². The molecule has 0 heterocycles. The molecule has 0 spiro atoms. The molecular formula is C17H19NO3. The minimum Gasteiger partial charge on any atom is -0.508 e. The largest absolute Gasteiger partial charge is 0.508 e. The molecule has 0 fully saturated rings. The fourth-order valence-corrected chi connectivity index (χ4v) is 2.00. The average Bonchev–Trinajstić information content (AvgIpc) is 2.49. The minimum absolute atomic E-state index is 0.0811. The van der Waals surface area contributed by atoms with E-state index < -0.39 is 0 Å². The molecule has 0 bridgehead atoms. The molecule has 0 saturated carbocycles. The van der Waals surface area contributed by atoms with Crippen molar-refractivity contribution in [2.75, 3.05) is 11.9 Å². The highest BCUT2D eigenvalue weighted by Gasteiger charge is 2.06. The van der Waals surface area contributed by atoms with Gasteiger partial charge in [-0.05, 0) is 49.2 Å². The fraction of sp³-hybridized carbons (Fsp3) is 0.235. The minimum atomic E-state index is -0.0811. The molecule has 2 rings (SSSR count). The van der Waals surface area contributed by atoms with Crippen LogP contribution in [0.2, 0.25) is 0 Å². The molecule has 2 aromatic carbocycles. The standard InChI is InChI=1S/C17H19NO3/c1-2-21-15-10-8-14(9-11-15)18-17(20)12-7-13-5-3-4-6-16(13)19/h3-6,8-11,19H,2,7,12H2,1H3,(H,18,20). The zero-order chi connectivity index (χ0) is 15.1. The van der Waals surface area contributed by atoms with Gasteiger partial charge in [-0.3, -0.25) is 4.79 Å². The third-order valence-electron chi connectivity index (χ3n) is 3.06. The quantitative estimate of drug-likeness (QED) is 0.855. The lowest BCUT2D eigenvalue weighted by molar-refractivity contribution is -0.116. The summed E-state index contributed by atoms with van der Waals surface area (Å²) in [5, 5.41) is 12.5. The molecule has 0 aliphatic heterocycles. The second-order valence-electron chi connectivity index (χ2n) is 4.63. The van der Waals surface area contributed by atoms with Gasteiger partial charge in [-0.25, -0.2) is 0 Å². The van der Waals surface area contributed by atoms with Gasteiger partial charge in [-0.15, -0.1) is 0 Å². The molecule has 110 valence electrons. The zero-order valence-corrected chi connectivity index (χ0v) is 12.0. The van der Waals surface area contributed by atoms with Crippen LogP contribution in [0.5, 0.6) is 11.5 Å². The van der Waals surface area contributed by atoms with Crippen LogP contribution >= 0.6 is 0 Å². The number of phenols is 1. The summed E-state index contributed by atoms with van der Waals surface area (Å²) in [4.78, 5) is 11.9. The number of carbonyl (C=O) groups is 1. The number of hydrogen-bond acceptors (Lipinski definition) is 3. The number of hydrogen-bond donors (Lipinski definition) is 2. The number of aryl methyl sites for hydroxylation is 1. The molecule has 0 aliphatic carbocycles. The molecule has 0 aromatic heterocycles. The number of nitrogens with one attached hydrogen (secondary N) is 1. The summed E-state index contributed by atoms with van der Waals surface area (Å²) in [6.07, 6.45) is 0.834. The molecule has 21 heavy (non-hydrogen) atoms. The van der Waals surface area contributed by atoms with Gasteiger partial charge in [0.15, 0.2) is 0 Å². The van der Waals surface area contributed by atoms with E-state index in [0.717, 1.165) is 17.0 Å². The van der Waals surface area contributed by atoms with Gasteiger partial charge in [0.05, 0.1) is 6.61 Å². The zero-order valence-electron chi connectivity index (χ0n) is 12.0. The molecule has 0 saturated heterocycles. The number of ether oxygens (including phenoxy) is 1. The molecule has 4 heteroatoms. The lowest BCUT2D eigenvalue weighted by Gasteiger charge is -2.08. The summed E-state index contributed by atoms with van der Waals surface area (Å²) < 4.78 is 5.34. The van der Waals surface area contributed by atoms with Crippen LogP contribution in [-0.2, 0) is 11.2 Å². The Morgan fingerprint density at radius 1 is 1.14 bits per heavy atom. The van der Waals surface area contributed by atoms with Crippen LogP contribution in [0.4, 0.5) is 5.69 Å². The van der Waals surface area contributed by atoms with E-state index in [1.807, 2.05) is 43.3 Å². The summed E-state index contributed by atoms with van der Waals surface area (Å²) in [5.74, 6) is 0.929. The van der Waals surface area contributed by atoms with Crippen molar-refractivity contribution in [2.24, 2.45) is 0 Å². The van der Waals surface area contributed by atoms with Crippen molar-refractivity contribution in [3.63, 3.8) is 0 Å².